The van der Waals surface area contributed by atoms with Crippen LogP contribution in [0.1, 0.15) is 36.2 Å². The van der Waals surface area contributed by atoms with Crippen LogP contribution < -0.4 is 11.1 Å². The van der Waals surface area contributed by atoms with Crippen LogP contribution in [0.4, 0.5) is 5.82 Å². The average molecular weight is 254 g/mol. The lowest BCUT2D eigenvalue weighted by molar-refractivity contribution is 0.0924. The van der Waals surface area contributed by atoms with Gasteiger partial charge in [-0.1, -0.05) is 12.8 Å². The molecule has 0 aliphatic heterocycles. The first-order valence-electron chi connectivity index (χ1n) is 5.85. The lowest BCUT2D eigenvalue weighted by atomic mass is 9.95. The number of rotatable bonds is 3. The van der Waals surface area contributed by atoms with Crippen LogP contribution in [-0.4, -0.2) is 33.7 Å². The Morgan fingerprint density at radius 2 is 2.35 bits per heavy atom. The largest absolute Gasteiger partial charge is 0.382 e. The summed E-state index contributed by atoms with van der Waals surface area (Å²) in [4.78, 5) is 11.9. The number of aromatic nitrogens is 2. The number of nitrogens with zero attached hydrogens (tertiary/aromatic N) is 1. The third-order valence-corrected chi connectivity index (χ3v) is 4.33. The zero-order chi connectivity index (χ0) is 12.3. The van der Waals surface area contributed by atoms with Gasteiger partial charge >= 0.3 is 0 Å². The molecule has 4 N–H and O–H groups in total. The van der Waals surface area contributed by atoms with Gasteiger partial charge in [0.2, 0.25) is 0 Å². The smallest absolute Gasteiger partial charge is 0.269 e. The summed E-state index contributed by atoms with van der Waals surface area (Å²) in [6.45, 7) is 0. The van der Waals surface area contributed by atoms with Crippen molar-refractivity contribution in [3.05, 3.63) is 11.8 Å². The van der Waals surface area contributed by atoms with Gasteiger partial charge in [0.1, 0.15) is 11.5 Å². The maximum absolute atomic E-state index is 11.9. The van der Waals surface area contributed by atoms with Crippen LogP contribution >= 0.6 is 11.8 Å². The second-order valence-corrected chi connectivity index (χ2v) is 5.42. The first-order chi connectivity index (χ1) is 8.20. The van der Waals surface area contributed by atoms with Gasteiger partial charge in [0.15, 0.2) is 0 Å². The number of hydrogen-bond donors (Lipinski definition) is 3. The van der Waals surface area contributed by atoms with Crippen molar-refractivity contribution in [3.8, 4) is 0 Å². The predicted molar refractivity (Wildman–Crippen MR) is 70.0 cm³/mol. The van der Waals surface area contributed by atoms with E-state index in [-0.39, 0.29) is 11.9 Å². The standard InChI is InChI=1S/C11H18N4OS/c1-17-9-5-3-2-4-7(9)13-11(16)8-6-10(12)15-14-8/h6-7,9H,2-5H2,1H3,(H,13,16)(H3,12,14,15). The third kappa shape index (κ3) is 2.94. The number of nitrogens with one attached hydrogen (secondary N) is 2. The molecule has 0 radical (unpaired) electrons. The number of carbonyl (C=O) groups is 1. The molecule has 2 atom stereocenters. The number of hydrogen-bond acceptors (Lipinski definition) is 4. The van der Waals surface area contributed by atoms with E-state index >= 15 is 0 Å². The summed E-state index contributed by atoms with van der Waals surface area (Å²) >= 11 is 1.83. The Morgan fingerprint density at radius 3 is 3.00 bits per heavy atom. The molecule has 1 saturated carbocycles. The number of aromatic amines is 1. The molecular formula is C11H18N4OS. The summed E-state index contributed by atoms with van der Waals surface area (Å²) in [5, 5.41) is 9.97. The zero-order valence-corrected chi connectivity index (χ0v) is 10.7. The Hall–Kier alpha value is -1.17. The van der Waals surface area contributed by atoms with Gasteiger partial charge in [-0.05, 0) is 19.1 Å². The van der Waals surface area contributed by atoms with E-state index in [0.29, 0.717) is 16.8 Å². The van der Waals surface area contributed by atoms with Crippen molar-refractivity contribution in [2.24, 2.45) is 0 Å². The molecule has 0 saturated heterocycles. The molecule has 1 aliphatic carbocycles. The Balaban J connectivity index is 1.97. The highest BCUT2D eigenvalue weighted by atomic mass is 32.2. The van der Waals surface area contributed by atoms with Gasteiger partial charge in [0.25, 0.3) is 5.91 Å². The zero-order valence-electron chi connectivity index (χ0n) is 9.90. The number of H-pyrrole nitrogens is 1. The van der Waals surface area contributed by atoms with E-state index in [1.54, 1.807) is 6.07 Å². The molecule has 0 bridgehead atoms. The van der Waals surface area contributed by atoms with Crippen LogP contribution in [0.5, 0.6) is 0 Å². The van der Waals surface area contributed by atoms with Crippen LogP contribution in [0, 0.1) is 0 Å². The summed E-state index contributed by atoms with van der Waals surface area (Å²) in [5.74, 6) is 0.236. The van der Waals surface area contributed by atoms with Gasteiger partial charge in [-0.3, -0.25) is 9.89 Å². The molecule has 1 aromatic heterocycles. The summed E-state index contributed by atoms with van der Waals surface area (Å²) in [5.41, 5.74) is 5.91. The van der Waals surface area contributed by atoms with Crippen LogP contribution in [0.3, 0.4) is 0 Å². The minimum Gasteiger partial charge on any atom is -0.382 e. The summed E-state index contributed by atoms with van der Waals surface area (Å²) in [7, 11) is 0. The monoisotopic (exact) mass is 254 g/mol. The van der Waals surface area contributed by atoms with Crippen LogP contribution in [-0.2, 0) is 0 Å². The molecule has 0 spiro atoms. The number of thioether (sulfide) groups is 1. The molecule has 2 unspecified atom stereocenters. The highest BCUT2D eigenvalue weighted by Crippen LogP contribution is 2.27. The van der Waals surface area contributed by atoms with Gasteiger partial charge in [0.05, 0.1) is 0 Å². The molecule has 1 aliphatic rings. The van der Waals surface area contributed by atoms with Crippen LogP contribution in [0.25, 0.3) is 0 Å². The Bertz CT molecular complexity index is 393. The summed E-state index contributed by atoms with van der Waals surface area (Å²) in [6, 6.07) is 1.82. The number of carbonyl (C=O) groups excluding carboxylic acids is 1. The van der Waals surface area contributed by atoms with Crippen LogP contribution in [0.2, 0.25) is 0 Å². The van der Waals surface area contributed by atoms with Crippen molar-refractivity contribution in [2.45, 2.75) is 37.0 Å². The van der Waals surface area contributed by atoms with Crippen molar-refractivity contribution in [1.29, 1.82) is 0 Å². The van der Waals surface area contributed by atoms with E-state index in [1.807, 2.05) is 11.8 Å². The summed E-state index contributed by atoms with van der Waals surface area (Å²) < 4.78 is 0. The molecule has 6 heteroatoms. The fourth-order valence-electron chi connectivity index (χ4n) is 2.24. The molecule has 0 aromatic carbocycles. The highest BCUT2D eigenvalue weighted by Gasteiger charge is 2.26. The van der Waals surface area contributed by atoms with Crippen LogP contribution in [0.15, 0.2) is 6.07 Å². The van der Waals surface area contributed by atoms with Gasteiger partial charge in [-0.25, -0.2) is 0 Å². The minimum atomic E-state index is -0.111. The Morgan fingerprint density at radius 1 is 1.59 bits per heavy atom. The first-order valence-corrected chi connectivity index (χ1v) is 7.14. The normalized spacial score (nSPS) is 24.5. The molecule has 2 rings (SSSR count). The number of anilines is 1. The van der Waals surface area contributed by atoms with E-state index in [1.165, 1.54) is 19.3 Å². The van der Waals surface area contributed by atoms with E-state index < -0.39 is 0 Å². The Labute approximate surface area is 105 Å². The highest BCUT2D eigenvalue weighted by molar-refractivity contribution is 7.99. The molecular weight excluding hydrogens is 236 g/mol. The topological polar surface area (TPSA) is 83.8 Å². The quantitative estimate of drug-likeness (QED) is 0.761. The maximum Gasteiger partial charge on any atom is 0.269 e. The SMILES string of the molecule is CSC1CCCCC1NC(=O)c1cc(N)n[nH]1. The van der Waals surface area contributed by atoms with Crippen molar-refractivity contribution < 1.29 is 4.79 Å². The number of nitrogen functional groups attached to an aromatic ring is 1. The van der Waals surface area contributed by atoms with E-state index in [4.69, 9.17) is 5.73 Å². The summed E-state index contributed by atoms with van der Waals surface area (Å²) in [6.07, 6.45) is 6.78. The predicted octanol–water partition coefficient (Wildman–Crippen LogP) is 1.40. The molecule has 1 heterocycles. The molecule has 1 aromatic rings. The first kappa shape index (κ1) is 12.3. The van der Waals surface area contributed by atoms with E-state index in [0.717, 1.165) is 6.42 Å². The minimum absolute atomic E-state index is 0.111. The lowest BCUT2D eigenvalue weighted by Crippen LogP contribution is -2.43. The van der Waals surface area contributed by atoms with Crippen molar-refractivity contribution in [1.82, 2.24) is 15.5 Å². The molecule has 94 valence electrons. The van der Waals surface area contributed by atoms with Gasteiger partial charge in [-0.2, -0.15) is 16.9 Å². The second-order valence-electron chi connectivity index (χ2n) is 4.35. The molecule has 1 fully saturated rings. The van der Waals surface area contributed by atoms with Gasteiger partial charge in [0, 0.05) is 17.4 Å². The second kappa shape index (κ2) is 5.44. The van der Waals surface area contributed by atoms with Gasteiger partial charge < -0.3 is 11.1 Å². The third-order valence-electron chi connectivity index (χ3n) is 3.16. The fraction of sp³-hybridized carbons (Fsp3) is 0.636. The van der Waals surface area contributed by atoms with E-state index in [2.05, 4.69) is 21.8 Å². The molecule has 17 heavy (non-hydrogen) atoms. The van der Waals surface area contributed by atoms with Gasteiger partial charge in [-0.15, -0.1) is 0 Å². The number of amides is 1. The van der Waals surface area contributed by atoms with E-state index in [9.17, 15) is 4.79 Å². The van der Waals surface area contributed by atoms with Crippen molar-refractivity contribution >= 4 is 23.5 Å². The molecule has 5 nitrogen and oxygen atoms in total. The number of nitrogens with two attached hydrogens (primary N) is 1. The fourth-order valence-corrected chi connectivity index (χ4v) is 3.18. The Kier molecular flexibility index (Phi) is 3.93. The van der Waals surface area contributed by atoms with Crippen molar-refractivity contribution in [3.63, 3.8) is 0 Å². The lowest BCUT2D eigenvalue weighted by Gasteiger charge is -2.30. The molecule has 1 amide bonds. The average Bonchev–Trinajstić information content (AvgIpc) is 2.77. The maximum atomic E-state index is 11.9. The van der Waals surface area contributed by atoms with Crippen molar-refractivity contribution in [2.75, 3.05) is 12.0 Å².